The Bertz CT molecular complexity index is 350. The summed E-state index contributed by atoms with van der Waals surface area (Å²) in [5.74, 6) is 0.737. The average Bonchev–Trinajstić information content (AvgIpc) is 2.26. The second kappa shape index (κ2) is 6.01. The van der Waals surface area contributed by atoms with E-state index in [0.29, 0.717) is 5.03 Å². The van der Waals surface area contributed by atoms with Crippen molar-refractivity contribution in [2.24, 2.45) is 5.73 Å². The third-order valence-corrected chi connectivity index (χ3v) is 2.47. The first-order valence-electron chi connectivity index (χ1n) is 4.56. The Hall–Kier alpha value is -0.700. The van der Waals surface area contributed by atoms with Crippen molar-refractivity contribution in [3.8, 4) is 5.75 Å². The summed E-state index contributed by atoms with van der Waals surface area (Å²) in [5, 5.41) is 0.461. The molecule has 0 aliphatic rings. The first kappa shape index (κ1) is 12.4. The van der Waals surface area contributed by atoms with Crippen molar-refractivity contribution in [1.29, 1.82) is 0 Å². The van der Waals surface area contributed by atoms with E-state index in [9.17, 15) is 0 Å². The zero-order chi connectivity index (χ0) is 11.3. The molecule has 0 bridgehead atoms. The van der Waals surface area contributed by atoms with Gasteiger partial charge in [0.2, 0.25) is 0 Å². The normalized spacial score (nSPS) is 13.7. The van der Waals surface area contributed by atoms with E-state index in [1.54, 1.807) is 0 Å². The molecule has 0 unspecified atom stereocenters. The molecule has 0 aromatic heterocycles. The molecule has 1 rings (SSSR count). The van der Waals surface area contributed by atoms with Crippen molar-refractivity contribution in [3.63, 3.8) is 0 Å². The van der Waals surface area contributed by atoms with Crippen molar-refractivity contribution in [3.05, 3.63) is 40.4 Å². The number of hydrogen-bond acceptors (Lipinski definition) is 2. The molecular weight excluding hydrogens is 233 g/mol. The van der Waals surface area contributed by atoms with E-state index in [1.165, 1.54) is 5.54 Å². The fourth-order valence-electron chi connectivity index (χ4n) is 1.07. The van der Waals surface area contributed by atoms with Crippen LogP contribution in [0.25, 0.3) is 0 Å². The second-order valence-electron chi connectivity index (χ2n) is 3.21. The minimum Gasteiger partial charge on any atom is -0.488 e. The fourth-order valence-corrected chi connectivity index (χ4v) is 1.19. The fraction of sp³-hybridized carbons (Fsp3) is 0.273. The quantitative estimate of drug-likeness (QED) is 0.883. The highest BCUT2D eigenvalue weighted by atomic mass is 35.5. The number of rotatable bonds is 4. The number of ether oxygens (including phenoxy) is 1. The van der Waals surface area contributed by atoms with E-state index in [2.05, 4.69) is 0 Å². The van der Waals surface area contributed by atoms with Gasteiger partial charge < -0.3 is 10.5 Å². The molecule has 0 heterocycles. The summed E-state index contributed by atoms with van der Waals surface area (Å²) in [5.41, 5.74) is 8.07. The van der Waals surface area contributed by atoms with Gasteiger partial charge in [0.15, 0.2) is 0 Å². The van der Waals surface area contributed by atoms with Crippen molar-refractivity contribution in [1.82, 2.24) is 0 Å². The third-order valence-electron chi connectivity index (χ3n) is 1.88. The third kappa shape index (κ3) is 4.12. The van der Waals surface area contributed by atoms with E-state index in [4.69, 9.17) is 33.7 Å². The molecule has 1 aromatic rings. The van der Waals surface area contributed by atoms with Crippen LogP contribution in [0.5, 0.6) is 5.75 Å². The monoisotopic (exact) mass is 245 g/mol. The highest BCUT2D eigenvalue weighted by Gasteiger charge is 2.01. The molecule has 0 amide bonds. The van der Waals surface area contributed by atoms with Crippen LogP contribution in [0.2, 0.25) is 0 Å². The van der Waals surface area contributed by atoms with Crippen LogP contribution >= 0.6 is 23.2 Å². The van der Waals surface area contributed by atoms with Gasteiger partial charge in [0, 0.05) is 11.6 Å². The maximum Gasteiger partial charge on any atom is 0.125 e. The summed E-state index contributed by atoms with van der Waals surface area (Å²) < 4.78 is 5.41. The van der Waals surface area contributed by atoms with E-state index >= 15 is 0 Å². The predicted molar refractivity (Wildman–Crippen MR) is 64.3 cm³/mol. The molecule has 0 saturated carbocycles. The SMILES string of the molecule is C[C@@H](N)c1cccc(OCC(Cl)=CCl)c1. The van der Waals surface area contributed by atoms with Crippen LogP contribution in [0.3, 0.4) is 0 Å². The highest BCUT2D eigenvalue weighted by molar-refractivity contribution is 6.36. The predicted octanol–water partition coefficient (Wildman–Crippen LogP) is 3.40. The first-order chi connectivity index (χ1) is 7.13. The number of nitrogens with two attached hydrogens (primary N) is 1. The Morgan fingerprint density at radius 2 is 2.33 bits per heavy atom. The molecule has 82 valence electrons. The van der Waals surface area contributed by atoms with Gasteiger partial charge in [0.1, 0.15) is 12.4 Å². The number of halogens is 2. The molecule has 2 nitrogen and oxygen atoms in total. The molecule has 1 aromatic carbocycles. The lowest BCUT2D eigenvalue weighted by atomic mass is 10.1. The van der Waals surface area contributed by atoms with Crippen LogP contribution in [0.1, 0.15) is 18.5 Å². The van der Waals surface area contributed by atoms with Crippen molar-refractivity contribution >= 4 is 23.2 Å². The Labute approximate surface area is 99.6 Å². The van der Waals surface area contributed by atoms with Gasteiger partial charge in [-0.1, -0.05) is 35.3 Å². The largest absolute Gasteiger partial charge is 0.488 e. The lowest BCUT2D eigenvalue weighted by molar-refractivity contribution is 0.359. The summed E-state index contributed by atoms with van der Waals surface area (Å²) in [7, 11) is 0. The Kier molecular flexibility index (Phi) is 4.95. The van der Waals surface area contributed by atoms with Crippen LogP contribution < -0.4 is 10.5 Å². The lowest BCUT2D eigenvalue weighted by Crippen LogP contribution is -2.05. The molecule has 2 N–H and O–H groups in total. The molecule has 0 saturated heterocycles. The van der Waals surface area contributed by atoms with Crippen molar-refractivity contribution < 1.29 is 4.74 Å². The van der Waals surface area contributed by atoms with Gasteiger partial charge in [-0.2, -0.15) is 0 Å². The van der Waals surface area contributed by atoms with E-state index < -0.39 is 0 Å². The average molecular weight is 246 g/mol. The van der Waals surface area contributed by atoms with E-state index in [-0.39, 0.29) is 12.6 Å². The molecule has 1 atom stereocenters. The molecule has 0 fully saturated rings. The highest BCUT2D eigenvalue weighted by Crippen LogP contribution is 2.18. The second-order valence-corrected chi connectivity index (χ2v) is 3.91. The smallest absolute Gasteiger partial charge is 0.125 e. The molecular formula is C11H13Cl2NO. The van der Waals surface area contributed by atoms with Gasteiger partial charge in [-0.3, -0.25) is 0 Å². The summed E-state index contributed by atoms with van der Waals surface area (Å²) in [6.07, 6.45) is 0. The topological polar surface area (TPSA) is 35.2 Å². The van der Waals surface area contributed by atoms with E-state index in [1.807, 2.05) is 31.2 Å². The van der Waals surface area contributed by atoms with Gasteiger partial charge in [-0.05, 0) is 24.6 Å². The van der Waals surface area contributed by atoms with Crippen LogP contribution in [-0.2, 0) is 0 Å². The summed E-state index contributed by atoms with van der Waals surface area (Å²) in [6.45, 7) is 2.19. The standard InChI is InChI=1S/C11H13Cl2NO/c1-8(14)9-3-2-4-11(5-9)15-7-10(13)6-12/h2-6,8H,7,14H2,1H3/t8-/m1/s1. The number of hydrogen-bond donors (Lipinski definition) is 1. The molecule has 0 spiro atoms. The summed E-state index contributed by atoms with van der Waals surface area (Å²) in [4.78, 5) is 0. The Morgan fingerprint density at radius 1 is 1.60 bits per heavy atom. The van der Waals surface area contributed by atoms with Gasteiger partial charge in [0.05, 0.1) is 5.03 Å². The minimum absolute atomic E-state index is 0.00686. The number of benzene rings is 1. The first-order valence-corrected chi connectivity index (χ1v) is 5.38. The lowest BCUT2D eigenvalue weighted by Gasteiger charge is -2.09. The van der Waals surface area contributed by atoms with Gasteiger partial charge in [0.25, 0.3) is 0 Å². The Balaban J connectivity index is 2.66. The maximum absolute atomic E-state index is 5.75. The van der Waals surface area contributed by atoms with Crippen molar-refractivity contribution in [2.45, 2.75) is 13.0 Å². The van der Waals surface area contributed by atoms with Crippen LogP contribution in [-0.4, -0.2) is 6.61 Å². The van der Waals surface area contributed by atoms with Gasteiger partial charge in [-0.15, -0.1) is 0 Å². The van der Waals surface area contributed by atoms with Crippen LogP contribution in [0.4, 0.5) is 0 Å². The zero-order valence-corrected chi connectivity index (χ0v) is 9.92. The molecule has 0 radical (unpaired) electrons. The molecule has 15 heavy (non-hydrogen) atoms. The molecule has 0 aliphatic heterocycles. The van der Waals surface area contributed by atoms with Gasteiger partial charge in [-0.25, -0.2) is 0 Å². The molecule has 4 heteroatoms. The summed E-state index contributed by atoms with van der Waals surface area (Å²) >= 11 is 11.1. The maximum atomic E-state index is 5.75. The Morgan fingerprint density at radius 3 is 2.93 bits per heavy atom. The summed E-state index contributed by atoms with van der Waals surface area (Å²) in [6, 6.07) is 7.59. The zero-order valence-electron chi connectivity index (χ0n) is 8.41. The molecule has 0 aliphatic carbocycles. The van der Waals surface area contributed by atoms with Crippen LogP contribution in [0.15, 0.2) is 34.8 Å². The van der Waals surface area contributed by atoms with Crippen molar-refractivity contribution in [2.75, 3.05) is 6.61 Å². The van der Waals surface area contributed by atoms with Crippen LogP contribution in [0, 0.1) is 0 Å². The minimum atomic E-state index is -0.00686. The van der Waals surface area contributed by atoms with E-state index in [0.717, 1.165) is 11.3 Å². The van der Waals surface area contributed by atoms with Gasteiger partial charge >= 0.3 is 0 Å².